The zero-order valence-corrected chi connectivity index (χ0v) is 15.9. The maximum absolute atomic E-state index is 6.16. The van der Waals surface area contributed by atoms with Crippen molar-refractivity contribution in [3.8, 4) is 11.7 Å². The van der Waals surface area contributed by atoms with Gasteiger partial charge in [-0.15, -0.1) is 0 Å². The molecule has 3 heteroatoms. The Bertz CT molecular complexity index is 868. The lowest BCUT2D eigenvalue weighted by molar-refractivity contribution is 1.05. The average Bonchev–Trinajstić information content (AvgIpc) is 2.70. The first-order valence-corrected chi connectivity index (χ1v) is 11.1. The van der Waals surface area contributed by atoms with Crippen LogP contribution >= 0.6 is 6.04 Å². The summed E-state index contributed by atoms with van der Waals surface area (Å²) in [6, 6.07) is 32.0. The van der Waals surface area contributed by atoms with Crippen molar-refractivity contribution in [3.05, 3.63) is 91.0 Å². The molecule has 0 aliphatic rings. The van der Waals surface area contributed by atoms with E-state index in [-0.39, 0.29) is 0 Å². The zero-order valence-electron chi connectivity index (χ0n) is 14.2. The lowest BCUT2D eigenvalue weighted by atomic mass is 10.3. The molecule has 0 amide bonds. The fraction of sp³-hybridized carbons (Fsp3) is 0.0909. The van der Waals surface area contributed by atoms with Crippen molar-refractivity contribution >= 4 is 34.1 Å². The van der Waals surface area contributed by atoms with Crippen molar-refractivity contribution in [1.29, 1.82) is 0 Å². The van der Waals surface area contributed by atoms with Crippen molar-refractivity contribution in [1.82, 2.24) is 0 Å². The van der Waals surface area contributed by atoms with Crippen molar-refractivity contribution in [2.24, 2.45) is 0 Å². The number of hydrogen-bond acceptors (Lipinski definition) is 2. The minimum absolute atomic E-state index is 0.815. The molecule has 0 heterocycles. The third-order valence-electron chi connectivity index (χ3n) is 3.97. The third-order valence-corrected chi connectivity index (χ3v) is 7.97. The minimum atomic E-state index is -2.18. The van der Waals surface area contributed by atoms with Gasteiger partial charge in [0, 0.05) is 28.9 Å². The quantitative estimate of drug-likeness (QED) is 0.381. The molecule has 0 saturated carbocycles. The molecule has 1 nitrogen and oxygen atoms in total. The van der Waals surface area contributed by atoms with Crippen molar-refractivity contribution in [2.75, 3.05) is 11.4 Å². The molecule has 0 spiro atoms. The summed E-state index contributed by atoms with van der Waals surface area (Å²) in [6.45, 7) is 2.92. The molecule has 0 bridgehead atoms. The summed E-state index contributed by atoms with van der Waals surface area (Å²) in [5, 5.41) is 2.26. The van der Waals surface area contributed by atoms with Gasteiger partial charge in [-0.3, -0.25) is 0 Å². The predicted molar refractivity (Wildman–Crippen MR) is 114 cm³/mol. The molecule has 3 rings (SSSR count). The van der Waals surface area contributed by atoms with Gasteiger partial charge in [0.1, 0.15) is 0 Å². The van der Waals surface area contributed by atoms with Gasteiger partial charge in [0.05, 0.1) is 6.04 Å². The highest BCUT2D eigenvalue weighted by Gasteiger charge is 2.19. The summed E-state index contributed by atoms with van der Waals surface area (Å²) in [5.74, 6) is 0. The molecule has 3 aromatic carbocycles. The normalized spacial score (nSPS) is 10.6. The van der Waals surface area contributed by atoms with Crippen LogP contribution in [0.4, 0.5) is 5.69 Å². The SMILES string of the molecule is CCN(C#CP(=S)(c1ccccc1)c1ccccc1)c1ccccc1. The highest BCUT2D eigenvalue weighted by molar-refractivity contribution is 8.24. The molecule has 0 aromatic heterocycles. The maximum Gasteiger partial charge on any atom is 0.0798 e. The van der Waals surface area contributed by atoms with Crippen LogP contribution in [0.2, 0.25) is 0 Å². The Morgan fingerprint density at radius 2 is 1.20 bits per heavy atom. The number of hydrogen-bond donors (Lipinski definition) is 0. The Morgan fingerprint density at radius 1 is 0.760 bits per heavy atom. The highest BCUT2D eigenvalue weighted by Crippen LogP contribution is 2.42. The first-order chi connectivity index (χ1) is 12.2. The second kappa shape index (κ2) is 8.17. The van der Waals surface area contributed by atoms with E-state index in [9.17, 15) is 0 Å². The van der Waals surface area contributed by atoms with E-state index in [1.165, 1.54) is 0 Å². The van der Waals surface area contributed by atoms with E-state index < -0.39 is 6.04 Å². The summed E-state index contributed by atoms with van der Waals surface area (Å²) >= 11 is 6.16. The second-order valence-electron chi connectivity index (χ2n) is 5.58. The Balaban J connectivity index is 2.07. The van der Waals surface area contributed by atoms with Crippen LogP contribution in [0, 0.1) is 11.7 Å². The van der Waals surface area contributed by atoms with Gasteiger partial charge in [0.2, 0.25) is 0 Å². The Labute approximate surface area is 155 Å². The summed E-state index contributed by atoms with van der Waals surface area (Å²) in [5.41, 5.74) is 4.58. The van der Waals surface area contributed by atoms with Crippen molar-refractivity contribution < 1.29 is 0 Å². The van der Waals surface area contributed by atoms with E-state index in [1.807, 2.05) is 54.6 Å². The van der Waals surface area contributed by atoms with E-state index in [4.69, 9.17) is 11.8 Å². The van der Waals surface area contributed by atoms with E-state index in [0.717, 1.165) is 22.8 Å². The van der Waals surface area contributed by atoms with Crippen LogP contribution in [-0.2, 0) is 11.8 Å². The molecule has 0 atom stereocenters. The van der Waals surface area contributed by atoms with Crippen LogP contribution in [0.3, 0.4) is 0 Å². The molecule has 0 saturated heterocycles. The van der Waals surface area contributed by atoms with Crippen LogP contribution in [0.5, 0.6) is 0 Å². The average molecular weight is 361 g/mol. The maximum atomic E-state index is 6.16. The lowest BCUT2D eigenvalue weighted by Gasteiger charge is -2.19. The largest absolute Gasteiger partial charge is 0.301 e. The number of para-hydroxylation sites is 1. The van der Waals surface area contributed by atoms with E-state index in [1.54, 1.807) is 0 Å². The van der Waals surface area contributed by atoms with Gasteiger partial charge in [-0.25, -0.2) is 0 Å². The molecular weight excluding hydrogens is 341 g/mol. The number of anilines is 1. The van der Waals surface area contributed by atoms with Gasteiger partial charge in [0.15, 0.2) is 0 Å². The highest BCUT2D eigenvalue weighted by atomic mass is 32.4. The molecule has 25 heavy (non-hydrogen) atoms. The van der Waals surface area contributed by atoms with Gasteiger partial charge < -0.3 is 4.90 Å². The fourth-order valence-corrected chi connectivity index (χ4v) is 5.47. The predicted octanol–water partition coefficient (Wildman–Crippen LogP) is 4.56. The van der Waals surface area contributed by atoms with Crippen LogP contribution in [0.1, 0.15) is 6.92 Å². The van der Waals surface area contributed by atoms with Crippen LogP contribution in [0.25, 0.3) is 0 Å². The second-order valence-corrected chi connectivity index (χ2v) is 9.70. The van der Waals surface area contributed by atoms with Gasteiger partial charge in [-0.1, -0.05) is 90.7 Å². The molecule has 124 valence electrons. The summed E-state index contributed by atoms with van der Waals surface area (Å²) in [6.07, 6.45) is 0. The molecule has 3 aromatic rings. The Morgan fingerprint density at radius 3 is 1.64 bits per heavy atom. The fourth-order valence-electron chi connectivity index (χ4n) is 2.62. The smallest absolute Gasteiger partial charge is 0.0798 e. The van der Waals surface area contributed by atoms with Gasteiger partial charge in [0.25, 0.3) is 0 Å². The number of nitrogens with zero attached hydrogens (tertiary/aromatic N) is 1. The van der Waals surface area contributed by atoms with E-state index in [2.05, 4.69) is 59.9 Å². The Hall–Kier alpha value is -2.33. The molecule has 0 radical (unpaired) electrons. The molecule has 0 aliphatic heterocycles. The van der Waals surface area contributed by atoms with Gasteiger partial charge in [-0.2, -0.15) is 0 Å². The first kappa shape index (κ1) is 17.5. The number of benzene rings is 3. The number of rotatable bonds is 4. The van der Waals surface area contributed by atoms with Crippen LogP contribution < -0.4 is 15.5 Å². The molecule has 0 aliphatic carbocycles. The van der Waals surface area contributed by atoms with E-state index in [0.29, 0.717) is 0 Å². The van der Waals surface area contributed by atoms with Crippen molar-refractivity contribution in [2.45, 2.75) is 6.92 Å². The molecular formula is C22H20NPS. The first-order valence-electron chi connectivity index (χ1n) is 8.31. The zero-order chi connectivity index (χ0) is 17.5. The van der Waals surface area contributed by atoms with Gasteiger partial charge >= 0.3 is 0 Å². The van der Waals surface area contributed by atoms with Crippen LogP contribution in [0.15, 0.2) is 91.0 Å². The topological polar surface area (TPSA) is 3.24 Å². The summed E-state index contributed by atoms with van der Waals surface area (Å²) in [7, 11) is 0. The standard InChI is InChI=1S/C22H20NPS/c1-2-23(20-12-6-3-7-13-20)18-19-24(25,21-14-8-4-9-15-21)22-16-10-5-11-17-22/h3-17H,2H2,1H3. The molecule has 0 unspecified atom stereocenters. The molecule has 0 fully saturated rings. The third kappa shape index (κ3) is 4.02. The lowest BCUT2D eigenvalue weighted by Crippen LogP contribution is -2.18. The summed E-state index contributed by atoms with van der Waals surface area (Å²) in [4.78, 5) is 2.06. The van der Waals surface area contributed by atoms with Gasteiger partial charge in [-0.05, 0) is 24.7 Å². The van der Waals surface area contributed by atoms with Crippen LogP contribution in [-0.4, -0.2) is 6.54 Å². The monoisotopic (exact) mass is 361 g/mol. The minimum Gasteiger partial charge on any atom is -0.301 e. The van der Waals surface area contributed by atoms with E-state index >= 15 is 0 Å². The summed E-state index contributed by atoms with van der Waals surface area (Å²) < 4.78 is 0. The van der Waals surface area contributed by atoms with Crippen molar-refractivity contribution in [3.63, 3.8) is 0 Å². The molecule has 0 N–H and O–H groups in total. The Kier molecular flexibility index (Phi) is 5.71.